The fourth-order valence-corrected chi connectivity index (χ4v) is 2.64. The van der Waals surface area contributed by atoms with Crippen molar-refractivity contribution in [1.29, 1.82) is 0 Å². The molecule has 90 valence electrons. The van der Waals surface area contributed by atoms with Crippen LogP contribution in [-0.4, -0.2) is 27.1 Å². The van der Waals surface area contributed by atoms with Crippen LogP contribution in [0.4, 0.5) is 0 Å². The van der Waals surface area contributed by atoms with Gasteiger partial charge in [-0.2, -0.15) is 0 Å². The molecule has 5 nitrogen and oxygen atoms in total. The molecule has 2 N–H and O–H groups in total. The summed E-state index contributed by atoms with van der Waals surface area (Å²) in [6.07, 6.45) is 3.58. The summed E-state index contributed by atoms with van der Waals surface area (Å²) in [5.41, 5.74) is 1.01. The molecular weight excluding hydrogens is 242 g/mol. The van der Waals surface area contributed by atoms with Crippen LogP contribution in [0.15, 0.2) is 11.5 Å². The van der Waals surface area contributed by atoms with Crippen molar-refractivity contribution in [3.63, 3.8) is 0 Å². The second-order valence-electron chi connectivity index (χ2n) is 3.88. The SMILES string of the molecule is O=C(O)c1csc(C2=CCC(C(=O)O)CC2)n1. The maximum absolute atomic E-state index is 10.8. The van der Waals surface area contributed by atoms with E-state index < -0.39 is 11.9 Å². The Bertz CT molecular complexity index is 491. The highest BCUT2D eigenvalue weighted by Gasteiger charge is 2.22. The van der Waals surface area contributed by atoms with Crippen LogP contribution in [-0.2, 0) is 4.79 Å². The number of aromatic nitrogens is 1. The number of carboxylic acid groups (broad SMARTS) is 2. The van der Waals surface area contributed by atoms with E-state index in [4.69, 9.17) is 10.2 Å². The van der Waals surface area contributed by atoms with Gasteiger partial charge in [0.15, 0.2) is 5.69 Å². The van der Waals surface area contributed by atoms with Crippen LogP contribution in [0.1, 0.15) is 34.8 Å². The van der Waals surface area contributed by atoms with Gasteiger partial charge in [-0.3, -0.25) is 4.79 Å². The lowest BCUT2D eigenvalue weighted by molar-refractivity contribution is -0.141. The van der Waals surface area contributed by atoms with Crippen molar-refractivity contribution in [2.75, 3.05) is 0 Å². The second kappa shape index (κ2) is 4.67. The summed E-state index contributed by atoms with van der Waals surface area (Å²) >= 11 is 1.29. The van der Waals surface area contributed by atoms with E-state index in [0.29, 0.717) is 24.3 Å². The number of aliphatic carboxylic acids is 1. The average molecular weight is 253 g/mol. The molecule has 2 rings (SSSR count). The van der Waals surface area contributed by atoms with Gasteiger partial charge in [0.25, 0.3) is 0 Å². The minimum absolute atomic E-state index is 0.0475. The molecule has 1 aliphatic rings. The van der Waals surface area contributed by atoms with Crippen molar-refractivity contribution < 1.29 is 19.8 Å². The molecule has 1 aliphatic carbocycles. The monoisotopic (exact) mass is 253 g/mol. The molecule has 0 saturated carbocycles. The van der Waals surface area contributed by atoms with E-state index in [0.717, 1.165) is 5.57 Å². The molecule has 1 aromatic rings. The fraction of sp³-hybridized carbons (Fsp3) is 0.364. The van der Waals surface area contributed by atoms with E-state index in [9.17, 15) is 9.59 Å². The van der Waals surface area contributed by atoms with Crippen LogP contribution in [0.2, 0.25) is 0 Å². The Labute approximate surface area is 101 Å². The minimum atomic E-state index is -1.03. The van der Waals surface area contributed by atoms with Crippen LogP contribution in [0.3, 0.4) is 0 Å². The van der Waals surface area contributed by atoms with E-state index in [1.165, 1.54) is 16.7 Å². The number of carbonyl (C=O) groups is 2. The maximum atomic E-state index is 10.8. The zero-order valence-electron chi connectivity index (χ0n) is 8.92. The zero-order valence-corrected chi connectivity index (χ0v) is 9.74. The highest BCUT2D eigenvalue weighted by Crippen LogP contribution is 2.31. The molecule has 0 spiro atoms. The number of rotatable bonds is 3. The molecule has 0 bridgehead atoms. The molecular formula is C11H11NO4S. The fourth-order valence-electron chi connectivity index (χ4n) is 1.77. The number of aromatic carboxylic acids is 1. The normalized spacial score (nSPS) is 19.8. The van der Waals surface area contributed by atoms with Crippen LogP contribution in [0.25, 0.3) is 5.57 Å². The molecule has 0 saturated heterocycles. The van der Waals surface area contributed by atoms with E-state index >= 15 is 0 Å². The predicted molar refractivity (Wildman–Crippen MR) is 62.0 cm³/mol. The van der Waals surface area contributed by atoms with Crippen molar-refractivity contribution in [1.82, 2.24) is 4.98 Å². The van der Waals surface area contributed by atoms with Gasteiger partial charge in [0, 0.05) is 5.38 Å². The Morgan fingerprint density at radius 3 is 2.65 bits per heavy atom. The molecule has 0 amide bonds. The Balaban J connectivity index is 2.13. The standard InChI is InChI=1S/C11H11NO4S/c13-10(14)7-3-1-6(2-4-7)9-12-8(5-17-9)11(15)16/h1,5,7H,2-4H2,(H,13,14)(H,15,16). The van der Waals surface area contributed by atoms with Crippen LogP contribution >= 0.6 is 11.3 Å². The van der Waals surface area contributed by atoms with Gasteiger partial charge in [-0.05, 0) is 24.8 Å². The summed E-state index contributed by atoms with van der Waals surface area (Å²) < 4.78 is 0. The van der Waals surface area contributed by atoms with Crippen LogP contribution in [0.5, 0.6) is 0 Å². The lowest BCUT2D eigenvalue weighted by Crippen LogP contribution is -2.15. The molecule has 0 aromatic carbocycles. The smallest absolute Gasteiger partial charge is 0.355 e. The third-order valence-electron chi connectivity index (χ3n) is 2.76. The summed E-state index contributed by atoms with van der Waals surface area (Å²) in [6, 6.07) is 0. The van der Waals surface area contributed by atoms with Crippen LogP contribution in [0, 0.1) is 5.92 Å². The number of carboxylic acids is 2. The Kier molecular flexibility index (Phi) is 3.23. The Morgan fingerprint density at radius 2 is 2.18 bits per heavy atom. The first kappa shape index (κ1) is 11.8. The first-order chi connectivity index (χ1) is 8.08. The van der Waals surface area contributed by atoms with Crippen molar-refractivity contribution in [3.05, 3.63) is 22.2 Å². The van der Waals surface area contributed by atoms with E-state index in [1.54, 1.807) is 0 Å². The zero-order chi connectivity index (χ0) is 12.4. The lowest BCUT2D eigenvalue weighted by Gasteiger charge is -2.16. The molecule has 1 heterocycles. The summed E-state index contributed by atoms with van der Waals surface area (Å²) in [4.78, 5) is 25.5. The average Bonchev–Trinajstić information content (AvgIpc) is 2.78. The van der Waals surface area contributed by atoms with Crippen LogP contribution < -0.4 is 0 Å². The summed E-state index contributed by atoms with van der Waals surface area (Å²) in [7, 11) is 0. The van der Waals surface area contributed by atoms with Gasteiger partial charge in [-0.25, -0.2) is 9.78 Å². The van der Waals surface area contributed by atoms with Gasteiger partial charge in [0.2, 0.25) is 0 Å². The lowest BCUT2D eigenvalue weighted by atomic mass is 9.90. The first-order valence-electron chi connectivity index (χ1n) is 5.19. The number of allylic oxidation sites excluding steroid dienone is 2. The third-order valence-corrected chi connectivity index (χ3v) is 3.68. The number of nitrogens with zero attached hydrogens (tertiary/aromatic N) is 1. The number of hydrogen-bond acceptors (Lipinski definition) is 4. The van der Waals surface area contributed by atoms with Crippen molar-refractivity contribution >= 4 is 28.8 Å². The topological polar surface area (TPSA) is 87.5 Å². The van der Waals surface area contributed by atoms with Gasteiger partial charge >= 0.3 is 11.9 Å². The Hall–Kier alpha value is -1.69. The third kappa shape index (κ3) is 2.52. The highest BCUT2D eigenvalue weighted by atomic mass is 32.1. The molecule has 6 heteroatoms. The second-order valence-corrected chi connectivity index (χ2v) is 4.74. The van der Waals surface area contributed by atoms with E-state index in [1.807, 2.05) is 6.08 Å². The minimum Gasteiger partial charge on any atom is -0.481 e. The molecule has 0 aliphatic heterocycles. The highest BCUT2D eigenvalue weighted by molar-refractivity contribution is 7.11. The number of thiazole rings is 1. The van der Waals surface area contributed by atoms with Gasteiger partial charge in [0.1, 0.15) is 5.01 Å². The summed E-state index contributed by atoms with van der Waals surface area (Å²) in [5.74, 6) is -2.13. The van der Waals surface area contributed by atoms with Gasteiger partial charge in [-0.15, -0.1) is 11.3 Å². The van der Waals surface area contributed by atoms with Crippen molar-refractivity contribution in [3.8, 4) is 0 Å². The van der Waals surface area contributed by atoms with Crippen molar-refractivity contribution in [2.45, 2.75) is 19.3 Å². The predicted octanol–water partition coefficient (Wildman–Crippen LogP) is 2.11. The molecule has 0 fully saturated rings. The summed E-state index contributed by atoms with van der Waals surface area (Å²) in [6.45, 7) is 0. The van der Waals surface area contributed by atoms with E-state index in [-0.39, 0.29) is 11.6 Å². The molecule has 1 aromatic heterocycles. The largest absolute Gasteiger partial charge is 0.481 e. The van der Waals surface area contributed by atoms with Crippen molar-refractivity contribution in [2.24, 2.45) is 5.92 Å². The summed E-state index contributed by atoms with van der Waals surface area (Å²) in [5, 5.41) is 19.8. The molecule has 0 radical (unpaired) electrons. The van der Waals surface area contributed by atoms with Gasteiger partial charge in [0.05, 0.1) is 5.92 Å². The number of hydrogen-bond donors (Lipinski definition) is 2. The first-order valence-corrected chi connectivity index (χ1v) is 6.07. The maximum Gasteiger partial charge on any atom is 0.355 e. The molecule has 17 heavy (non-hydrogen) atoms. The molecule has 1 unspecified atom stereocenters. The Morgan fingerprint density at radius 1 is 1.41 bits per heavy atom. The van der Waals surface area contributed by atoms with Gasteiger partial charge in [-0.1, -0.05) is 6.08 Å². The molecule has 1 atom stereocenters. The quantitative estimate of drug-likeness (QED) is 0.861. The van der Waals surface area contributed by atoms with Gasteiger partial charge < -0.3 is 10.2 Å². The van der Waals surface area contributed by atoms with E-state index in [2.05, 4.69) is 4.98 Å².